The number of carbonyl (C=O) groups is 2. The number of carbonyl (C=O) groups excluding carboxylic acids is 2. The van der Waals surface area contributed by atoms with Gasteiger partial charge < -0.3 is 15.5 Å². The molecule has 2 amide bonds. The van der Waals surface area contributed by atoms with E-state index in [0.29, 0.717) is 0 Å². The van der Waals surface area contributed by atoms with Crippen molar-refractivity contribution < 1.29 is 14.0 Å². The highest BCUT2D eigenvalue weighted by Crippen LogP contribution is 2.16. The lowest BCUT2D eigenvalue weighted by atomic mass is 10.1. The van der Waals surface area contributed by atoms with E-state index in [0.717, 1.165) is 11.3 Å². The molecule has 2 heterocycles. The highest BCUT2D eigenvalue weighted by Gasteiger charge is 2.14. The highest BCUT2D eigenvalue weighted by atomic mass is 16.3. The van der Waals surface area contributed by atoms with Crippen molar-refractivity contribution in [2.45, 2.75) is 13.0 Å². The number of hydrogen-bond acceptors (Lipinski definition) is 5. The van der Waals surface area contributed by atoms with Crippen molar-refractivity contribution in [3.63, 3.8) is 0 Å². The molecule has 0 aliphatic carbocycles. The molecule has 1 atom stereocenters. The zero-order valence-electron chi connectivity index (χ0n) is 12.8. The Balaban J connectivity index is 1.71. The van der Waals surface area contributed by atoms with Gasteiger partial charge in [-0.15, -0.1) is 5.10 Å². The molecule has 0 spiro atoms. The molecule has 1 aromatic carbocycles. The number of benzene rings is 1. The summed E-state index contributed by atoms with van der Waals surface area (Å²) in [6.07, 6.45) is 2.91. The van der Waals surface area contributed by atoms with E-state index in [-0.39, 0.29) is 23.4 Å². The first kappa shape index (κ1) is 15.5. The average molecular weight is 325 g/mol. The second-order valence-electron chi connectivity index (χ2n) is 5.18. The third-order valence-corrected chi connectivity index (χ3v) is 3.50. The Labute approximate surface area is 137 Å². The minimum Gasteiger partial charge on any atom is -0.459 e. The molecule has 0 unspecified atom stereocenters. The van der Waals surface area contributed by atoms with Crippen LogP contribution in [0.1, 0.15) is 39.6 Å². The number of aromatic nitrogens is 3. The van der Waals surface area contributed by atoms with Crippen LogP contribution in [0.4, 0.5) is 0 Å². The standard InChI is InChI=1S/C16H15N5O3/c1-10(18-16(23)14-3-2-8-24-14)11-4-6-12(7-5-11)21-9-13(15(17)22)19-20-21/h2-10H,1H3,(H2,17,22)(H,18,23)/t10-/m0/s1. The summed E-state index contributed by atoms with van der Waals surface area (Å²) in [6, 6.07) is 10.4. The van der Waals surface area contributed by atoms with Gasteiger partial charge in [0.05, 0.1) is 24.2 Å². The van der Waals surface area contributed by atoms with E-state index < -0.39 is 5.91 Å². The molecule has 2 aromatic heterocycles. The van der Waals surface area contributed by atoms with E-state index in [9.17, 15) is 9.59 Å². The summed E-state index contributed by atoms with van der Waals surface area (Å²) in [5.41, 5.74) is 6.88. The molecular formula is C16H15N5O3. The Kier molecular flexibility index (Phi) is 4.11. The van der Waals surface area contributed by atoms with E-state index in [1.54, 1.807) is 12.1 Å². The minimum absolute atomic E-state index is 0.0955. The summed E-state index contributed by atoms with van der Waals surface area (Å²) in [6.45, 7) is 1.87. The molecule has 0 radical (unpaired) electrons. The van der Waals surface area contributed by atoms with E-state index in [4.69, 9.17) is 10.2 Å². The van der Waals surface area contributed by atoms with E-state index in [1.165, 1.54) is 17.1 Å². The summed E-state index contributed by atoms with van der Waals surface area (Å²) < 4.78 is 6.52. The van der Waals surface area contributed by atoms with Gasteiger partial charge in [0.15, 0.2) is 11.5 Å². The molecule has 0 bridgehead atoms. The van der Waals surface area contributed by atoms with Gasteiger partial charge in [0.25, 0.3) is 11.8 Å². The van der Waals surface area contributed by atoms with Crippen LogP contribution >= 0.6 is 0 Å². The SMILES string of the molecule is C[C@H](NC(=O)c1ccco1)c1ccc(-n2cc(C(N)=O)nn2)cc1. The molecular weight excluding hydrogens is 310 g/mol. The lowest BCUT2D eigenvalue weighted by Gasteiger charge is -2.13. The lowest BCUT2D eigenvalue weighted by molar-refractivity contribution is 0.0911. The molecule has 0 fully saturated rings. The van der Waals surface area contributed by atoms with E-state index >= 15 is 0 Å². The third kappa shape index (κ3) is 3.17. The van der Waals surface area contributed by atoms with Crippen molar-refractivity contribution in [1.82, 2.24) is 20.3 Å². The predicted octanol–water partition coefficient (Wildman–Crippen LogP) is 1.45. The van der Waals surface area contributed by atoms with E-state index in [2.05, 4.69) is 15.6 Å². The number of primary amides is 1. The van der Waals surface area contributed by atoms with Crippen molar-refractivity contribution in [2.75, 3.05) is 0 Å². The molecule has 3 aromatic rings. The van der Waals surface area contributed by atoms with Crippen LogP contribution in [0.25, 0.3) is 5.69 Å². The summed E-state index contributed by atoms with van der Waals surface area (Å²) in [4.78, 5) is 23.0. The first-order valence-electron chi connectivity index (χ1n) is 7.21. The van der Waals surface area contributed by atoms with Crippen LogP contribution in [0.15, 0.2) is 53.3 Å². The fourth-order valence-corrected chi connectivity index (χ4v) is 2.18. The summed E-state index contributed by atoms with van der Waals surface area (Å²) in [7, 11) is 0. The molecule has 8 nitrogen and oxygen atoms in total. The fourth-order valence-electron chi connectivity index (χ4n) is 2.18. The number of nitrogens with two attached hydrogens (primary N) is 1. The Morgan fingerprint density at radius 2 is 2.00 bits per heavy atom. The first-order chi connectivity index (χ1) is 11.5. The number of rotatable bonds is 5. The average Bonchev–Trinajstić information content (AvgIpc) is 3.26. The Morgan fingerprint density at radius 3 is 2.58 bits per heavy atom. The molecule has 0 saturated carbocycles. The number of hydrogen-bond donors (Lipinski definition) is 2. The lowest BCUT2D eigenvalue weighted by Crippen LogP contribution is -2.26. The van der Waals surface area contributed by atoms with Gasteiger partial charge in [-0.05, 0) is 36.8 Å². The Bertz CT molecular complexity index is 852. The van der Waals surface area contributed by atoms with Gasteiger partial charge in [-0.1, -0.05) is 17.3 Å². The van der Waals surface area contributed by atoms with Gasteiger partial charge in [-0.25, -0.2) is 4.68 Å². The molecule has 0 aliphatic rings. The summed E-state index contributed by atoms with van der Waals surface area (Å²) in [5, 5.41) is 10.4. The van der Waals surface area contributed by atoms with Crippen molar-refractivity contribution in [3.05, 3.63) is 65.9 Å². The zero-order chi connectivity index (χ0) is 17.1. The maximum absolute atomic E-state index is 12.0. The normalized spacial score (nSPS) is 11.9. The molecule has 0 saturated heterocycles. The predicted molar refractivity (Wildman–Crippen MR) is 84.5 cm³/mol. The maximum Gasteiger partial charge on any atom is 0.287 e. The van der Waals surface area contributed by atoms with Gasteiger partial charge in [0, 0.05) is 0 Å². The fraction of sp³-hybridized carbons (Fsp3) is 0.125. The highest BCUT2D eigenvalue weighted by molar-refractivity contribution is 5.91. The molecule has 0 aliphatic heterocycles. The molecule has 3 N–H and O–H groups in total. The smallest absolute Gasteiger partial charge is 0.287 e. The number of furan rings is 1. The third-order valence-electron chi connectivity index (χ3n) is 3.50. The minimum atomic E-state index is -0.632. The van der Waals surface area contributed by atoms with Gasteiger partial charge in [-0.3, -0.25) is 9.59 Å². The topological polar surface area (TPSA) is 116 Å². The van der Waals surface area contributed by atoms with Crippen LogP contribution < -0.4 is 11.1 Å². The quantitative estimate of drug-likeness (QED) is 0.736. The van der Waals surface area contributed by atoms with Gasteiger partial charge in [0.2, 0.25) is 0 Å². The Hall–Kier alpha value is -3.42. The van der Waals surface area contributed by atoms with Crippen LogP contribution in [0.2, 0.25) is 0 Å². The second-order valence-corrected chi connectivity index (χ2v) is 5.18. The molecule has 24 heavy (non-hydrogen) atoms. The van der Waals surface area contributed by atoms with Crippen molar-refractivity contribution >= 4 is 11.8 Å². The monoisotopic (exact) mass is 325 g/mol. The largest absolute Gasteiger partial charge is 0.459 e. The Morgan fingerprint density at radius 1 is 1.25 bits per heavy atom. The molecule has 8 heteroatoms. The van der Waals surface area contributed by atoms with Crippen LogP contribution in [-0.2, 0) is 0 Å². The summed E-state index contributed by atoms with van der Waals surface area (Å²) >= 11 is 0. The number of amides is 2. The molecule has 122 valence electrons. The van der Waals surface area contributed by atoms with E-state index in [1.807, 2.05) is 31.2 Å². The number of nitrogens with one attached hydrogen (secondary N) is 1. The van der Waals surface area contributed by atoms with Gasteiger partial charge in [-0.2, -0.15) is 0 Å². The first-order valence-corrected chi connectivity index (χ1v) is 7.21. The zero-order valence-corrected chi connectivity index (χ0v) is 12.8. The van der Waals surface area contributed by atoms with Crippen molar-refractivity contribution in [3.8, 4) is 5.69 Å². The molecule has 3 rings (SSSR count). The van der Waals surface area contributed by atoms with Crippen molar-refractivity contribution in [1.29, 1.82) is 0 Å². The van der Waals surface area contributed by atoms with Crippen LogP contribution in [0, 0.1) is 0 Å². The van der Waals surface area contributed by atoms with Gasteiger partial charge in [0.1, 0.15) is 0 Å². The summed E-state index contributed by atoms with van der Waals surface area (Å²) in [5.74, 6) is -0.647. The number of nitrogens with zero attached hydrogens (tertiary/aromatic N) is 3. The second kappa shape index (κ2) is 6.37. The van der Waals surface area contributed by atoms with Crippen LogP contribution in [0.5, 0.6) is 0 Å². The van der Waals surface area contributed by atoms with Crippen LogP contribution in [0.3, 0.4) is 0 Å². The van der Waals surface area contributed by atoms with Crippen LogP contribution in [-0.4, -0.2) is 26.8 Å². The van der Waals surface area contributed by atoms with Gasteiger partial charge >= 0.3 is 0 Å². The maximum atomic E-state index is 12.0. The van der Waals surface area contributed by atoms with Crippen molar-refractivity contribution in [2.24, 2.45) is 5.73 Å².